The average molecular weight is 375 g/mol. The van der Waals surface area contributed by atoms with Crippen molar-refractivity contribution in [3.05, 3.63) is 51.8 Å². The van der Waals surface area contributed by atoms with Gasteiger partial charge in [-0.15, -0.1) is 0 Å². The topological polar surface area (TPSA) is 70.3 Å². The molecule has 0 atom stereocenters. The Kier molecular flexibility index (Phi) is 3.89. The minimum absolute atomic E-state index is 0.0572. The van der Waals surface area contributed by atoms with Crippen molar-refractivity contribution < 1.29 is 23.1 Å². The van der Waals surface area contributed by atoms with Crippen molar-refractivity contribution in [2.75, 3.05) is 0 Å². The maximum atomic E-state index is 13.3. The van der Waals surface area contributed by atoms with Gasteiger partial charge in [0.2, 0.25) is 0 Å². The van der Waals surface area contributed by atoms with Crippen LogP contribution in [0, 0.1) is 0 Å². The molecule has 10 heteroatoms. The van der Waals surface area contributed by atoms with Crippen molar-refractivity contribution in [3.63, 3.8) is 0 Å². The summed E-state index contributed by atoms with van der Waals surface area (Å²) < 4.78 is 40.2. The third-order valence-electron chi connectivity index (χ3n) is 3.14. The van der Waals surface area contributed by atoms with E-state index in [-0.39, 0.29) is 26.9 Å². The number of aromatic carboxylic acids is 1. The zero-order chi connectivity index (χ0) is 17.6. The quantitative estimate of drug-likeness (QED) is 0.690. The van der Waals surface area contributed by atoms with E-state index in [2.05, 4.69) is 10.1 Å². The van der Waals surface area contributed by atoms with Gasteiger partial charge in [-0.1, -0.05) is 29.3 Å². The van der Waals surface area contributed by atoms with Gasteiger partial charge in [0.15, 0.2) is 11.3 Å². The molecule has 0 unspecified atom stereocenters. The molecule has 0 aliphatic rings. The second-order valence-electron chi connectivity index (χ2n) is 4.74. The van der Waals surface area contributed by atoms with E-state index in [1.165, 1.54) is 18.2 Å². The summed E-state index contributed by atoms with van der Waals surface area (Å²) in [7, 11) is 0. The molecule has 3 aromatic rings. The predicted octanol–water partition coefficient (Wildman–Crippen LogP) is 3.09. The van der Waals surface area contributed by atoms with Crippen molar-refractivity contribution in [2.45, 2.75) is 6.18 Å². The molecule has 0 aliphatic heterocycles. The predicted molar refractivity (Wildman–Crippen MR) is 77.8 cm³/mol. The summed E-state index contributed by atoms with van der Waals surface area (Å²) in [5.41, 5.74) is -1.89. The van der Waals surface area contributed by atoms with Crippen LogP contribution >= 0.6 is 23.2 Å². The number of aromatic nitrogens is 3. The fourth-order valence-corrected chi connectivity index (χ4v) is 2.38. The lowest BCUT2D eigenvalue weighted by Crippen LogP contribution is -2.23. The lowest BCUT2D eigenvalue weighted by molar-refractivity contribution is -0.255. The van der Waals surface area contributed by atoms with Crippen LogP contribution < -0.4 is 5.11 Å². The van der Waals surface area contributed by atoms with Crippen LogP contribution in [0.15, 0.2) is 30.3 Å². The van der Waals surface area contributed by atoms with Gasteiger partial charge in [-0.3, -0.25) is 0 Å². The second-order valence-corrected chi connectivity index (χ2v) is 5.55. The molecule has 5 nitrogen and oxygen atoms in total. The second kappa shape index (κ2) is 5.64. The van der Waals surface area contributed by atoms with Crippen LogP contribution in [0.1, 0.15) is 16.2 Å². The van der Waals surface area contributed by atoms with Crippen molar-refractivity contribution in [1.29, 1.82) is 0 Å². The number of nitrogens with zero attached hydrogens (tertiary/aromatic N) is 3. The first-order chi connectivity index (χ1) is 11.2. The molecule has 0 spiro atoms. The summed E-state index contributed by atoms with van der Waals surface area (Å²) in [4.78, 5) is 14.8. The maximum absolute atomic E-state index is 13.3. The standard InChI is InChI=1S/C14H6Cl2F3N3O2/c15-7-2-1-6(3-8(7)16)9-4-11(14(17,18)19)22-12(20-9)5-10(21-22)13(23)24/h1-5H,(H,23,24)/p-1. The molecule has 0 fully saturated rings. The SMILES string of the molecule is O=C([O-])c1cc2nc(-c3ccc(Cl)c(Cl)c3)cc(C(F)(F)F)n2n1. The first kappa shape index (κ1) is 16.5. The molecule has 2 heterocycles. The number of benzene rings is 1. The molecule has 0 radical (unpaired) electrons. The van der Waals surface area contributed by atoms with Crippen LogP contribution in [-0.2, 0) is 6.18 Å². The van der Waals surface area contributed by atoms with E-state index >= 15 is 0 Å². The number of carboxylic acid groups (broad SMARTS) is 1. The molecule has 0 aliphatic carbocycles. The van der Waals surface area contributed by atoms with Crippen molar-refractivity contribution in [1.82, 2.24) is 14.6 Å². The van der Waals surface area contributed by atoms with Crippen LogP contribution in [0.25, 0.3) is 16.9 Å². The van der Waals surface area contributed by atoms with Crippen LogP contribution in [-0.4, -0.2) is 20.6 Å². The Morgan fingerprint density at radius 1 is 1.12 bits per heavy atom. The van der Waals surface area contributed by atoms with Gasteiger partial charge in [0.1, 0.15) is 5.69 Å². The van der Waals surface area contributed by atoms with E-state index in [0.717, 1.165) is 12.1 Å². The molecule has 0 bridgehead atoms. The first-order valence-electron chi connectivity index (χ1n) is 6.31. The van der Waals surface area contributed by atoms with Gasteiger partial charge >= 0.3 is 6.18 Å². The Morgan fingerprint density at radius 3 is 2.42 bits per heavy atom. The Hall–Kier alpha value is -2.32. The highest BCUT2D eigenvalue weighted by Gasteiger charge is 2.35. The number of carbonyl (C=O) groups excluding carboxylic acids is 1. The summed E-state index contributed by atoms with van der Waals surface area (Å²) in [6, 6.07) is 5.87. The molecule has 0 saturated carbocycles. The van der Waals surface area contributed by atoms with Gasteiger partial charge in [0, 0.05) is 11.6 Å². The Morgan fingerprint density at radius 2 is 1.83 bits per heavy atom. The van der Waals surface area contributed by atoms with Crippen molar-refractivity contribution >= 4 is 34.8 Å². The molecule has 0 amide bonds. The fraction of sp³-hybridized carbons (Fsp3) is 0.0714. The normalized spacial score (nSPS) is 11.9. The van der Waals surface area contributed by atoms with Gasteiger partial charge in [-0.2, -0.15) is 18.3 Å². The number of hydrogen-bond donors (Lipinski definition) is 0. The highest BCUT2D eigenvalue weighted by Crippen LogP contribution is 2.33. The monoisotopic (exact) mass is 374 g/mol. The van der Waals surface area contributed by atoms with Gasteiger partial charge < -0.3 is 9.90 Å². The summed E-state index contributed by atoms with van der Waals surface area (Å²) in [5, 5.41) is 14.6. The zero-order valence-corrected chi connectivity index (χ0v) is 12.9. The van der Waals surface area contributed by atoms with E-state index in [0.29, 0.717) is 4.52 Å². The number of rotatable bonds is 2. The van der Waals surface area contributed by atoms with E-state index in [4.69, 9.17) is 23.2 Å². The highest BCUT2D eigenvalue weighted by atomic mass is 35.5. The summed E-state index contributed by atoms with van der Waals surface area (Å²) in [6.45, 7) is 0. The minimum atomic E-state index is -4.78. The fourth-order valence-electron chi connectivity index (χ4n) is 2.08. The minimum Gasteiger partial charge on any atom is -0.543 e. The van der Waals surface area contributed by atoms with Crippen LogP contribution in [0.5, 0.6) is 0 Å². The van der Waals surface area contributed by atoms with Gasteiger partial charge in [0.25, 0.3) is 0 Å². The summed E-state index contributed by atoms with van der Waals surface area (Å²) in [5.74, 6) is -1.70. The molecular weight excluding hydrogens is 370 g/mol. The third-order valence-corrected chi connectivity index (χ3v) is 3.88. The Bertz CT molecular complexity index is 970. The van der Waals surface area contributed by atoms with Crippen molar-refractivity contribution in [3.8, 4) is 11.3 Å². The van der Waals surface area contributed by atoms with Gasteiger partial charge in [-0.25, -0.2) is 9.50 Å². The Balaban J connectivity index is 2.29. The maximum Gasteiger partial charge on any atom is 0.433 e. The number of carbonyl (C=O) groups is 1. The van der Waals surface area contributed by atoms with Crippen molar-refractivity contribution in [2.24, 2.45) is 0 Å². The van der Waals surface area contributed by atoms with Gasteiger partial charge in [-0.05, 0) is 18.2 Å². The van der Waals surface area contributed by atoms with E-state index in [1.807, 2.05) is 0 Å². The summed E-state index contributed by atoms with van der Waals surface area (Å²) in [6.07, 6.45) is -4.78. The molecule has 24 heavy (non-hydrogen) atoms. The van der Waals surface area contributed by atoms with Crippen LogP contribution in [0.3, 0.4) is 0 Å². The lowest BCUT2D eigenvalue weighted by Gasteiger charge is -2.11. The molecular formula is C14H5Cl2F3N3O2-. The smallest absolute Gasteiger partial charge is 0.433 e. The Labute approximate surface area is 142 Å². The molecule has 3 rings (SSSR count). The number of fused-ring (bicyclic) bond motifs is 1. The average Bonchev–Trinajstić information content (AvgIpc) is 2.92. The molecule has 0 saturated heterocycles. The molecule has 0 N–H and O–H groups in total. The van der Waals surface area contributed by atoms with Gasteiger partial charge in [0.05, 0.1) is 21.7 Å². The lowest BCUT2D eigenvalue weighted by atomic mass is 10.1. The molecule has 2 aromatic heterocycles. The van der Waals surface area contributed by atoms with Crippen LogP contribution in [0.4, 0.5) is 13.2 Å². The largest absolute Gasteiger partial charge is 0.543 e. The van der Waals surface area contributed by atoms with E-state index < -0.39 is 23.5 Å². The first-order valence-corrected chi connectivity index (χ1v) is 7.07. The molecule has 1 aromatic carbocycles. The third kappa shape index (κ3) is 2.90. The number of hydrogen-bond acceptors (Lipinski definition) is 4. The number of alkyl halides is 3. The molecule has 124 valence electrons. The summed E-state index contributed by atoms with van der Waals surface area (Å²) >= 11 is 11.7. The highest BCUT2D eigenvalue weighted by molar-refractivity contribution is 6.42. The van der Waals surface area contributed by atoms with Crippen LogP contribution in [0.2, 0.25) is 10.0 Å². The van der Waals surface area contributed by atoms with E-state index in [9.17, 15) is 23.1 Å². The zero-order valence-electron chi connectivity index (χ0n) is 11.4. The van der Waals surface area contributed by atoms with E-state index in [1.54, 1.807) is 0 Å². The number of halogens is 5. The number of carboxylic acids is 1.